The average molecular weight is 385 g/mol. The molecular formula is C16H15ClF2N4O3. The summed E-state index contributed by atoms with van der Waals surface area (Å²) in [6.45, 7) is -2.77. The normalized spacial score (nSPS) is 19.2. The molecule has 7 nitrogen and oxygen atoms in total. The molecule has 2 amide bonds. The number of hydrogen-bond donors (Lipinski definition) is 3. The Morgan fingerprint density at radius 3 is 3.00 bits per heavy atom. The van der Waals surface area contributed by atoms with Crippen molar-refractivity contribution in [2.24, 2.45) is 0 Å². The Balaban J connectivity index is 1.74. The summed E-state index contributed by atoms with van der Waals surface area (Å²) >= 11 is 5.93. The molecule has 2 heterocycles. The van der Waals surface area contributed by atoms with Crippen molar-refractivity contribution in [3.05, 3.63) is 47.0 Å². The lowest BCUT2D eigenvalue weighted by Crippen LogP contribution is -2.49. The van der Waals surface area contributed by atoms with Gasteiger partial charge in [-0.3, -0.25) is 14.2 Å². The van der Waals surface area contributed by atoms with Crippen LogP contribution in [-0.4, -0.2) is 33.0 Å². The van der Waals surface area contributed by atoms with Gasteiger partial charge in [0.25, 0.3) is 5.91 Å². The molecular weight excluding hydrogens is 370 g/mol. The lowest BCUT2D eigenvalue weighted by molar-refractivity contribution is -0.145. The summed E-state index contributed by atoms with van der Waals surface area (Å²) in [5.41, 5.74) is -1.63. The van der Waals surface area contributed by atoms with Crippen LogP contribution in [-0.2, 0) is 21.6 Å². The topological polar surface area (TPSA) is 96.2 Å². The Morgan fingerprint density at radius 1 is 1.50 bits per heavy atom. The maximum Gasteiger partial charge on any atom is 0.319 e. The summed E-state index contributed by atoms with van der Waals surface area (Å²) in [6.07, 6.45) is 1.94. The van der Waals surface area contributed by atoms with Crippen LogP contribution in [0.3, 0.4) is 0 Å². The van der Waals surface area contributed by atoms with Gasteiger partial charge in [0.05, 0.1) is 6.42 Å². The third-order valence-corrected chi connectivity index (χ3v) is 4.32. The van der Waals surface area contributed by atoms with E-state index in [-0.39, 0.29) is 30.0 Å². The molecule has 0 saturated heterocycles. The monoisotopic (exact) mass is 384 g/mol. The number of aromatic nitrogens is 2. The Labute approximate surface area is 152 Å². The molecule has 0 fully saturated rings. The van der Waals surface area contributed by atoms with Gasteiger partial charge in [-0.25, -0.2) is 4.98 Å². The van der Waals surface area contributed by atoms with Crippen LogP contribution in [0.1, 0.15) is 24.4 Å². The number of halogens is 3. The van der Waals surface area contributed by atoms with Crippen LogP contribution < -0.4 is 10.6 Å². The number of nitrogens with one attached hydrogen (secondary N) is 2. The second kappa shape index (κ2) is 7.00. The molecule has 2 aromatic rings. The van der Waals surface area contributed by atoms with Crippen molar-refractivity contribution < 1.29 is 23.5 Å². The molecule has 1 aliphatic rings. The van der Waals surface area contributed by atoms with E-state index in [1.165, 1.54) is 24.4 Å². The number of hydrogen-bond acceptors (Lipinski definition) is 4. The number of fused-ring (bicyclic) bond motifs is 1. The summed E-state index contributed by atoms with van der Waals surface area (Å²) in [5.74, 6) is -1.24. The molecule has 0 saturated carbocycles. The van der Waals surface area contributed by atoms with Crippen LogP contribution in [0.4, 0.5) is 14.5 Å². The Kier molecular flexibility index (Phi) is 4.92. The first-order valence-corrected chi connectivity index (χ1v) is 8.09. The van der Waals surface area contributed by atoms with E-state index in [4.69, 9.17) is 11.6 Å². The van der Waals surface area contributed by atoms with Gasteiger partial charge < -0.3 is 15.7 Å². The number of anilines is 1. The molecule has 1 aromatic heterocycles. The van der Waals surface area contributed by atoms with Gasteiger partial charge >= 0.3 is 6.55 Å². The Hall–Kier alpha value is -2.52. The highest BCUT2D eigenvalue weighted by molar-refractivity contribution is 6.30. The molecule has 10 heteroatoms. The first kappa shape index (κ1) is 18.3. The highest BCUT2D eigenvalue weighted by atomic mass is 35.5. The first-order chi connectivity index (χ1) is 12.3. The fourth-order valence-electron chi connectivity index (χ4n) is 2.84. The minimum atomic E-state index is -2.73. The second-order valence-corrected chi connectivity index (χ2v) is 6.25. The van der Waals surface area contributed by atoms with Crippen LogP contribution in [0.15, 0.2) is 30.6 Å². The zero-order chi connectivity index (χ0) is 18.9. The number of carbonyl (C=O) groups is 2. The fourth-order valence-corrected chi connectivity index (χ4v) is 3.01. The van der Waals surface area contributed by atoms with Crippen molar-refractivity contribution in [2.75, 3.05) is 11.9 Å². The van der Waals surface area contributed by atoms with Gasteiger partial charge in [0.1, 0.15) is 5.82 Å². The van der Waals surface area contributed by atoms with Crippen molar-refractivity contribution in [3.8, 4) is 0 Å². The first-order valence-electron chi connectivity index (χ1n) is 7.71. The minimum absolute atomic E-state index is 0.0355. The third-order valence-electron chi connectivity index (χ3n) is 4.09. The van der Waals surface area contributed by atoms with Crippen molar-refractivity contribution in [1.29, 1.82) is 0 Å². The van der Waals surface area contributed by atoms with Gasteiger partial charge in [-0.05, 0) is 18.2 Å². The average Bonchev–Trinajstić information content (AvgIpc) is 3.04. The number of benzene rings is 1. The van der Waals surface area contributed by atoms with E-state index < -0.39 is 30.4 Å². The molecule has 3 rings (SSSR count). The van der Waals surface area contributed by atoms with Crippen LogP contribution in [0, 0.1) is 0 Å². The van der Waals surface area contributed by atoms with E-state index in [9.17, 15) is 23.5 Å². The summed E-state index contributed by atoms with van der Waals surface area (Å²) in [4.78, 5) is 28.2. The molecule has 1 aliphatic heterocycles. The third kappa shape index (κ3) is 3.40. The smallest absolute Gasteiger partial charge is 0.319 e. The molecule has 26 heavy (non-hydrogen) atoms. The Morgan fingerprint density at radius 2 is 2.27 bits per heavy atom. The molecule has 138 valence electrons. The molecule has 0 bridgehead atoms. The molecule has 0 radical (unpaired) electrons. The van der Waals surface area contributed by atoms with Gasteiger partial charge in [-0.1, -0.05) is 11.6 Å². The van der Waals surface area contributed by atoms with E-state index >= 15 is 0 Å². The Bertz CT molecular complexity index is 858. The summed E-state index contributed by atoms with van der Waals surface area (Å²) in [6, 6.07) is 4.42. The summed E-state index contributed by atoms with van der Waals surface area (Å²) in [7, 11) is 0. The number of rotatable bonds is 5. The molecule has 3 N–H and O–H groups in total. The SMILES string of the molecule is O=C1CC(O)(C(=O)NCCc2nccn2C(F)F)c2cc(Cl)ccc2N1. The molecule has 0 spiro atoms. The fraction of sp³-hybridized carbons (Fsp3) is 0.312. The maximum absolute atomic E-state index is 12.8. The number of alkyl halides is 2. The van der Waals surface area contributed by atoms with E-state index in [2.05, 4.69) is 15.6 Å². The highest BCUT2D eigenvalue weighted by Crippen LogP contribution is 2.37. The number of aliphatic hydroxyl groups is 1. The van der Waals surface area contributed by atoms with Gasteiger partial charge in [-0.2, -0.15) is 8.78 Å². The van der Waals surface area contributed by atoms with E-state index in [0.717, 1.165) is 6.20 Å². The zero-order valence-corrected chi connectivity index (χ0v) is 14.1. The zero-order valence-electron chi connectivity index (χ0n) is 13.4. The maximum atomic E-state index is 12.8. The van der Waals surface area contributed by atoms with Crippen molar-refractivity contribution in [1.82, 2.24) is 14.9 Å². The predicted molar refractivity (Wildman–Crippen MR) is 88.8 cm³/mol. The van der Waals surface area contributed by atoms with Crippen LogP contribution in [0.5, 0.6) is 0 Å². The van der Waals surface area contributed by atoms with Crippen molar-refractivity contribution in [3.63, 3.8) is 0 Å². The predicted octanol–water partition coefficient (Wildman–Crippen LogP) is 1.82. The van der Waals surface area contributed by atoms with Crippen molar-refractivity contribution >= 4 is 29.1 Å². The molecule has 1 aromatic carbocycles. The second-order valence-electron chi connectivity index (χ2n) is 5.81. The lowest BCUT2D eigenvalue weighted by atomic mass is 9.85. The number of imidazole rings is 1. The van der Waals surface area contributed by atoms with Gasteiger partial charge in [-0.15, -0.1) is 0 Å². The molecule has 1 unspecified atom stereocenters. The highest BCUT2D eigenvalue weighted by Gasteiger charge is 2.45. The van der Waals surface area contributed by atoms with E-state index in [1.807, 2.05) is 0 Å². The summed E-state index contributed by atoms with van der Waals surface area (Å²) < 4.78 is 26.3. The quantitative estimate of drug-likeness (QED) is 0.732. The standard InChI is InChI=1S/C16H15ClF2N4O3/c17-9-1-2-11-10(7-9)16(26,8-13(24)22-11)14(25)21-4-3-12-20-5-6-23(12)15(18)19/h1-2,5-7,15,26H,3-4,8H2,(H,21,25)(H,22,24). The molecule has 1 atom stereocenters. The van der Waals surface area contributed by atoms with E-state index in [1.54, 1.807) is 0 Å². The van der Waals surface area contributed by atoms with Crippen LogP contribution in [0.2, 0.25) is 5.02 Å². The minimum Gasteiger partial charge on any atom is -0.375 e. The molecule has 0 aliphatic carbocycles. The van der Waals surface area contributed by atoms with E-state index in [0.29, 0.717) is 9.59 Å². The van der Waals surface area contributed by atoms with Crippen LogP contribution in [0.25, 0.3) is 0 Å². The van der Waals surface area contributed by atoms with Gasteiger partial charge in [0.15, 0.2) is 5.60 Å². The van der Waals surface area contributed by atoms with Crippen molar-refractivity contribution in [2.45, 2.75) is 25.0 Å². The number of amides is 2. The van der Waals surface area contributed by atoms with Gasteiger partial charge in [0, 0.05) is 41.6 Å². The number of nitrogens with zero attached hydrogens (tertiary/aromatic N) is 2. The lowest BCUT2D eigenvalue weighted by Gasteiger charge is -2.32. The number of carbonyl (C=O) groups excluding carboxylic acids is 2. The summed E-state index contributed by atoms with van der Waals surface area (Å²) in [5, 5.41) is 16.1. The largest absolute Gasteiger partial charge is 0.375 e. The van der Waals surface area contributed by atoms with Gasteiger partial charge in [0.2, 0.25) is 5.91 Å². The van der Waals surface area contributed by atoms with Crippen LogP contribution >= 0.6 is 11.6 Å².